The van der Waals surface area contributed by atoms with Gasteiger partial charge in [-0.3, -0.25) is 0 Å². The van der Waals surface area contributed by atoms with Crippen LogP contribution >= 0.6 is 22.7 Å². The molecule has 3 heterocycles. The quantitative estimate of drug-likeness (QED) is 0.622. The van der Waals surface area contributed by atoms with Gasteiger partial charge in [0.05, 0.1) is 0 Å². The summed E-state index contributed by atoms with van der Waals surface area (Å²) in [7, 11) is 0. The first-order chi connectivity index (χ1) is 7.43. The van der Waals surface area contributed by atoms with Gasteiger partial charge < -0.3 is 0 Å². The molecule has 0 N–H and O–H groups in total. The van der Waals surface area contributed by atoms with Gasteiger partial charge in [-0.05, 0) is 0 Å². The maximum atomic E-state index is 2.27. The Hall–Kier alpha value is -0.601. The van der Waals surface area contributed by atoms with Crippen LogP contribution in [0.2, 0.25) is 0 Å². The van der Waals surface area contributed by atoms with Crippen molar-refractivity contribution < 1.29 is 0 Å². The molecule has 0 saturated carbocycles. The fourth-order valence-electron chi connectivity index (χ4n) is 1.44. The molecule has 0 spiro atoms. The molecule has 3 heteroatoms. The topological polar surface area (TPSA) is 0 Å². The van der Waals surface area contributed by atoms with E-state index in [-0.39, 0.29) is 0 Å². The minimum absolute atomic E-state index is 0.553. The molecule has 0 nitrogen and oxygen atoms in total. The van der Waals surface area contributed by atoms with E-state index in [2.05, 4.69) is 46.7 Å². The molecule has 0 aliphatic rings. The zero-order valence-corrected chi connectivity index (χ0v) is 11.2. The van der Waals surface area contributed by atoms with Crippen LogP contribution in [-0.4, -0.2) is 14.5 Å². The summed E-state index contributed by atoms with van der Waals surface area (Å²) in [5.74, 6) is 0. The van der Waals surface area contributed by atoms with Crippen LogP contribution in [0, 0.1) is 0 Å². The van der Waals surface area contributed by atoms with E-state index in [4.69, 9.17) is 0 Å². The second kappa shape index (κ2) is 4.11. The number of hydrogen-bond donors (Lipinski definition) is 0. The fraction of sp³-hybridized carbons (Fsp3) is 0. The Balaban J connectivity index is 2.02. The van der Waals surface area contributed by atoms with E-state index >= 15 is 0 Å². The predicted molar refractivity (Wildman–Crippen MR) is 70.0 cm³/mol. The van der Waals surface area contributed by atoms with Gasteiger partial charge in [0.15, 0.2) is 0 Å². The van der Waals surface area contributed by atoms with Gasteiger partial charge in [-0.2, -0.15) is 0 Å². The van der Waals surface area contributed by atoms with Crippen LogP contribution in [0.15, 0.2) is 46.7 Å². The Labute approximate surface area is 103 Å². The Morgan fingerprint density at radius 1 is 0.867 bits per heavy atom. The summed E-state index contributed by atoms with van der Waals surface area (Å²) < 4.78 is 1.51. The van der Waals surface area contributed by atoms with Crippen molar-refractivity contribution >= 4 is 37.2 Å². The van der Waals surface area contributed by atoms with E-state index in [0.717, 1.165) is 0 Å². The third kappa shape index (κ3) is 1.88. The molecule has 0 aliphatic carbocycles. The molecule has 0 saturated heterocycles. The maximum absolute atomic E-state index is 2.27. The van der Waals surface area contributed by atoms with Crippen LogP contribution in [0.1, 0.15) is 0 Å². The van der Waals surface area contributed by atoms with Crippen LogP contribution in [-0.2, 0) is 0 Å². The van der Waals surface area contributed by atoms with Gasteiger partial charge in [0.2, 0.25) is 0 Å². The molecule has 0 amide bonds. The van der Waals surface area contributed by atoms with E-state index in [1.165, 1.54) is 19.1 Å². The van der Waals surface area contributed by atoms with Gasteiger partial charge in [0, 0.05) is 0 Å². The van der Waals surface area contributed by atoms with E-state index < -0.39 is 0 Å². The zero-order valence-electron chi connectivity index (χ0n) is 7.84. The van der Waals surface area contributed by atoms with Gasteiger partial charge >= 0.3 is 103 Å². The third-order valence-electron chi connectivity index (χ3n) is 2.13. The zero-order chi connectivity index (χ0) is 10.1. The normalized spacial score (nSPS) is 10.7. The second-order valence-electron chi connectivity index (χ2n) is 3.12. The minimum atomic E-state index is 0.553. The summed E-state index contributed by atoms with van der Waals surface area (Å²) in [5, 5.41) is 2.13. The fourth-order valence-corrected chi connectivity index (χ4v) is 5.07. The summed E-state index contributed by atoms with van der Waals surface area (Å²) >= 11 is 4.27. The summed E-state index contributed by atoms with van der Waals surface area (Å²) in [6.07, 6.45) is 0. The molecule has 15 heavy (non-hydrogen) atoms. The van der Waals surface area contributed by atoms with Crippen molar-refractivity contribution in [1.29, 1.82) is 0 Å². The van der Waals surface area contributed by atoms with Crippen molar-refractivity contribution in [2.24, 2.45) is 0 Å². The van der Waals surface area contributed by atoms with Crippen LogP contribution in [0.4, 0.5) is 0 Å². The van der Waals surface area contributed by atoms with Gasteiger partial charge in [0.25, 0.3) is 0 Å². The summed E-state index contributed by atoms with van der Waals surface area (Å²) in [5.41, 5.74) is 0. The first-order valence-electron chi connectivity index (χ1n) is 4.61. The van der Waals surface area contributed by atoms with E-state index in [0.29, 0.717) is 14.5 Å². The molecular weight excluding hydrogens is 287 g/mol. The van der Waals surface area contributed by atoms with Crippen LogP contribution in [0.3, 0.4) is 0 Å². The molecule has 3 aromatic heterocycles. The summed E-state index contributed by atoms with van der Waals surface area (Å²) in [4.78, 5) is 6.48. The molecule has 0 atom stereocenters. The molecule has 0 bridgehead atoms. The van der Waals surface area contributed by atoms with Crippen molar-refractivity contribution in [3.8, 4) is 19.1 Å². The molecule has 0 unspecified atom stereocenters. The third-order valence-corrected chi connectivity index (χ3v) is 6.50. The molecule has 3 aromatic rings. The predicted octanol–water partition coefficient (Wildman–Crippen LogP) is 4.20. The van der Waals surface area contributed by atoms with Gasteiger partial charge in [-0.1, -0.05) is 0 Å². The monoisotopic (exact) mass is 296 g/mol. The van der Waals surface area contributed by atoms with Gasteiger partial charge in [-0.25, -0.2) is 0 Å². The molecule has 0 aromatic carbocycles. The Morgan fingerprint density at radius 3 is 2.53 bits per heavy atom. The number of thiophene rings is 2. The molecular formula is C12H8S2Se. The Bertz CT molecular complexity index is 483. The first-order valence-corrected chi connectivity index (χ1v) is 8.15. The molecule has 0 aliphatic heterocycles. The first kappa shape index (κ1) is 9.61. The van der Waals surface area contributed by atoms with Gasteiger partial charge in [0.1, 0.15) is 0 Å². The van der Waals surface area contributed by atoms with Crippen molar-refractivity contribution in [2.45, 2.75) is 0 Å². The molecule has 74 valence electrons. The average Bonchev–Trinajstić information content (AvgIpc) is 3.02. The van der Waals surface area contributed by atoms with Crippen molar-refractivity contribution in [1.82, 2.24) is 0 Å². The SMILES string of the molecule is c1csc(-c2ccc(-c3ccc[se]3)s2)c1. The Morgan fingerprint density at radius 2 is 1.80 bits per heavy atom. The van der Waals surface area contributed by atoms with Crippen LogP contribution in [0.5, 0.6) is 0 Å². The van der Waals surface area contributed by atoms with Crippen LogP contribution in [0.25, 0.3) is 19.1 Å². The van der Waals surface area contributed by atoms with Crippen LogP contribution < -0.4 is 0 Å². The van der Waals surface area contributed by atoms with Crippen molar-refractivity contribution in [3.63, 3.8) is 0 Å². The van der Waals surface area contributed by atoms with Gasteiger partial charge in [-0.15, -0.1) is 0 Å². The van der Waals surface area contributed by atoms with Crippen molar-refractivity contribution in [3.05, 3.63) is 46.7 Å². The Kier molecular flexibility index (Phi) is 2.63. The van der Waals surface area contributed by atoms with Crippen molar-refractivity contribution in [2.75, 3.05) is 0 Å². The summed E-state index contributed by atoms with van der Waals surface area (Å²) in [6, 6.07) is 13.2. The molecule has 3 rings (SSSR count). The standard InChI is InChI=1S/C12H8S2Se/c1-3-9(13-7-1)10-5-6-11(14-10)12-4-2-8-15-12/h1-8H. The van der Waals surface area contributed by atoms with E-state index in [1.54, 1.807) is 0 Å². The number of rotatable bonds is 2. The molecule has 0 radical (unpaired) electrons. The van der Waals surface area contributed by atoms with E-state index in [1.807, 2.05) is 22.7 Å². The second-order valence-corrected chi connectivity index (χ2v) is 7.14. The average molecular weight is 295 g/mol. The summed E-state index contributed by atoms with van der Waals surface area (Å²) in [6.45, 7) is 0. The van der Waals surface area contributed by atoms with E-state index in [9.17, 15) is 0 Å². The molecule has 0 fully saturated rings. The number of hydrogen-bond acceptors (Lipinski definition) is 2.